The highest BCUT2D eigenvalue weighted by molar-refractivity contribution is 8.03. The molecule has 0 aromatic carbocycles. The largest absolute Gasteiger partial charge is 0.383 e. The number of hydrogen-bond acceptors (Lipinski definition) is 6. The van der Waals surface area contributed by atoms with Crippen LogP contribution >= 0.6 is 23.5 Å². The van der Waals surface area contributed by atoms with Crippen LogP contribution in [-0.4, -0.2) is 57.5 Å². The van der Waals surface area contributed by atoms with Crippen molar-refractivity contribution < 1.29 is 4.74 Å². The number of ether oxygens (including phenoxy) is 1. The number of nitrogens with zero attached hydrogens (tertiary/aromatic N) is 3. The fraction of sp³-hybridized carbons (Fsp3) is 0.833. The first kappa shape index (κ1) is 15.2. The van der Waals surface area contributed by atoms with Crippen LogP contribution in [0.25, 0.3) is 0 Å². The molecule has 1 N–H and O–H groups in total. The van der Waals surface area contributed by atoms with Crippen molar-refractivity contribution in [1.29, 1.82) is 0 Å². The van der Waals surface area contributed by atoms with Gasteiger partial charge in [-0.05, 0) is 6.92 Å². The Labute approximate surface area is 123 Å². The molecule has 0 aliphatic carbocycles. The third-order valence-corrected chi connectivity index (χ3v) is 5.59. The predicted molar refractivity (Wildman–Crippen MR) is 81.9 cm³/mol. The van der Waals surface area contributed by atoms with Gasteiger partial charge in [0.25, 0.3) is 0 Å². The van der Waals surface area contributed by atoms with E-state index >= 15 is 0 Å². The van der Waals surface area contributed by atoms with E-state index in [1.54, 1.807) is 13.4 Å². The van der Waals surface area contributed by atoms with Gasteiger partial charge >= 0.3 is 0 Å². The topological polar surface area (TPSA) is 52.0 Å². The van der Waals surface area contributed by atoms with E-state index in [2.05, 4.69) is 27.0 Å². The quantitative estimate of drug-likeness (QED) is 0.858. The summed E-state index contributed by atoms with van der Waals surface area (Å²) in [6, 6.07) is 0.781. The van der Waals surface area contributed by atoms with Gasteiger partial charge in [0.1, 0.15) is 12.2 Å². The average molecular weight is 302 g/mol. The summed E-state index contributed by atoms with van der Waals surface area (Å²) in [5.74, 6) is 5.89. The van der Waals surface area contributed by atoms with Crippen LogP contribution in [0.1, 0.15) is 18.8 Å². The zero-order chi connectivity index (χ0) is 13.5. The third kappa shape index (κ3) is 4.66. The zero-order valence-corrected chi connectivity index (χ0v) is 13.2. The van der Waals surface area contributed by atoms with Crippen molar-refractivity contribution >= 4 is 23.5 Å². The molecule has 1 aliphatic heterocycles. The lowest BCUT2D eigenvalue weighted by Crippen LogP contribution is -2.36. The van der Waals surface area contributed by atoms with Gasteiger partial charge in [0, 0.05) is 42.7 Å². The molecule has 1 aromatic heterocycles. The molecule has 2 heterocycles. The van der Waals surface area contributed by atoms with Crippen molar-refractivity contribution in [3.05, 3.63) is 12.2 Å². The normalized spacial score (nSPS) is 19.3. The number of thioether (sulfide) groups is 2. The van der Waals surface area contributed by atoms with Crippen molar-refractivity contribution in [2.45, 2.75) is 25.6 Å². The Morgan fingerprint density at radius 1 is 1.47 bits per heavy atom. The SMILES string of the molecule is COCCn1cnnc1C(C)NC1CSCCSC1. The number of hydrogen-bond donors (Lipinski definition) is 1. The molecule has 0 spiro atoms. The Kier molecular flexibility index (Phi) is 6.49. The number of aromatic nitrogens is 3. The van der Waals surface area contributed by atoms with Gasteiger partial charge in [-0.3, -0.25) is 0 Å². The average Bonchev–Trinajstić information content (AvgIpc) is 2.74. The molecule has 1 unspecified atom stereocenters. The molecule has 5 nitrogen and oxygen atoms in total. The summed E-state index contributed by atoms with van der Waals surface area (Å²) in [4.78, 5) is 0. The minimum atomic E-state index is 0.226. The molecule has 0 bridgehead atoms. The van der Waals surface area contributed by atoms with E-state index in [0.29, 0.717) is 12.6 Å². The monoisotopic (exact) mass is 302 g/mol. The highest BCUT2D eigenvalue weighted by Gasteiger charge is 2.19. The molecule has 7 heteroatoms. The van der Waals surface area contributed by atoms with Crippen molar-refractivity contribution in [2.75, 3.05) is 36.7 Å². The lowest BCUT2D eigenvalue weighted by molar-refractivity contribution is 0.185. The molecule has 2 rings (SSSR count). The maximum Gasteiger partial charge on any atom is 0.149 e. The summed E-state index contributed by atoms with van der Waals surface area (Å²) in [7, 11) is 1.71. The first-order valence-electron chi connectivity index (χ1n) is 6.59. The van der Waals surface area contributed by atoms with E-state index in [1.165, 1.54) is 23.0 Å². The fourth-order valence-electron chi connectivity index (χ4n) is 2.10. The Bertz CT molecular complexity index is 366. The van der Waals surface area contributed by atoms with Crippen LogP contribution in [0.4, 0.5) is 0 Å². The molecule has 1 aromatic rings. The van der Waals surface area contributed by atoms with Crippen molar-refractivity contribution in [3.63, 3.8) is 0 Å². The van der Waals surface area contributed by atoms with Crippen LogP contribution in [0.2, 0.25) is 0 Å². The van der Waals surface area contributed by atoms with Gasteiger partial charge < -0.3 is 14.6 Å². The third-order valence-electron chi connectivity index (χ3n) is 3.06. The van der Waals surface area contributed by atoms with E-state index in [1.807, 2.05) is 23.5 Å². The second kappa shape index (κ2) is 8.14. The Balaban J connectivity index is 1.91. The van der Waals surface area contributed by atoms with Gasteiger partial charge in [-0.2, -0.15) is 23.5 Å². The summed E-state index contributed by atoms with van der Waals surface area (Å²) in [5.41, 5.74) is 0. The second-order valence-electron chi connectivity index (χ2n) is 4.61. The summed E-state index contributed by atoms with van der Waals surface area (Å²) < 4.78 is 7.18. The standard InChI is InChI=1S/C12H22N4OS2/c1-10(14-11-7-18-5-6-19-8-11)12-15-13-9-16(12)3-4-17-2/h9-11,14H,3-8H2,1-2H3. The highest BCUT2D eigenvalue weighted by Crippen LogP contribution is 2.19. The smallest absolute Gasteiger partial charge is 0.149 e. The minimum Gasteiger partial charge on any atom is -0.383 e. The maximum atomic E-state index is 5.11. The molecule has 1 fully saturated rings. The predicted octanol–water partition coefficient (Wildman–Crippen LogP) is 1.42. The highest BCUT2D eigenvalue weighted by atomic mass is 32.2. The Morgan fingerprint density at radius 2 is 2.21 bits per heavy atom. The fourth-order valence-corrected chi connectivity index (χ4v) is 4.53. The Morgan fingerprint density at radius 3 is 2.89 bits per heavy atom. The minimum absolute atomic E-state index is 0.226. The summed E-state index contributed by atoms with van der Waals surface area (Å²) in [6.07, 6.45) is 1.78. The van der Waals surface area contributed by atoms with Crippen molar-refractivity contribution in [2.24, 2.45) is 0 Å². The van der Waals surface area contributed by atoms with Gasteiger partial charge in [-0.15, -0.1) is 10.2 Å². The molecule has 0 saturated carbocycles. The van der Waals surface area contributed by atoms with Crippen LogP contribution in [0.3, 0.4) is 0 Å². The molecule has 1 atom stereocenters. The maximum absolute atomic E-state index is 5.11. The van der Waals surface area contributed by atoms with Crippen LogP contribution in [0, 0.1) is 0 Å². The van der Waals surface area contributed by atoms with E-state index in [0.717, 1.165) is 12.4 Å². The van der Waals surface area contributed by atoms with E-state index in [4.69, 9.17) is 4.74 Å². The summed E-state index contributed by atoms with van der Waals surface area (Å²) in [6.45, 7) is 3.65. The molecule has 0 radical (unpaired) electrons. The van der Waals surface area contributed by atoms with Crippen LogP contribution < -0.4 is 5.32 Å². The molecular weight excluding hydrogens is 280 g/mol. The molecule has 19 heavy (non-hydrogen) atoms. The van der Waals surface area contributed by atoms with Gasteiger partial charge in [-0.1, -0.05) is 0 Å². The van der Waals surface area contributed by atoms with Crippen LogP contribution in [0.5, 0.6) is 0 Å². The van der Waals surface area contributed by atoms with Crippen molar-refractivity contribution in [1.82, 2.24) is 20.1 Å². The Hall–Kier alpha value is -0.240. The van der Waals surface area contributed by atoms with Gasteiger partial charge in [0.2, 0.25) is 0 Å². The molecule has 108 valence electrons. The molecule has 0 amide bonds. The lowest BCUT2D eigenvalue weighted by atomic mass is 10.2. The summed E-state index contributed by atoms with van der Waals surface area (Å²) >= 11 is 4.07. The molecule has 1 aliphatic rings. The molecular formula is C12H22N4OS2. The lowest BCUT2D eigenvalue weighted by Gasteiger charge is -2.21. The van der Waals surface area contributed by atoms with Crippen LogP contribution in [-0.2, 0) is 11.3 Å². The van der Waals surface area contributed by atoms with Crippen molar-refractivity contribution in [3.8, 4) is 0 Å². The first-order valence-corrected chi connectivity index (χ1v) is 8.90. The number of nitrogens with one attached hydrogen (secondary N) is 1. The number of methoxy groups -OCH3 is 1. The van der Waals surface area contributed by atoms with Gasteiger partial charge in [0.15, 0.2) is 0 Å². The first-order chi connectivity index (χ1) is 9.31. The van der Waals surface area contributed by atoms with E-state index < -0.39 is 0 Å². The molecule has 1 saturated heterocycles. The van der Waals surface area contributed by atoms with Gasteiger partial charge in [-0.25, -0.2) is 0 Å². The number of rotatable bonds is 6. The summed E-state index contributed by atoms with van der Waals surface area (Å²) in [5, 5.41) is 11.9. The zero-order valence-electron chi connectivity index (χ0n) is 11.5. The van der Waals surface area contributed by atoms with E-state index in [-0.39, 0.29) is 6.04 Å². The van der Waals surface area contributed by atoms with Crippen LogP contribution in [0.15, 0.2) is 6.33 Å². The second-order valence-corrected chi connectivity index (χ2v) is 6.91. The van der Waals surface area contributed by atoms with E-state index in [9.17, 15) is 0 Å². The van der Waals surface area contributed by atoms with Gasteiger partial charge in [0.05, 0.1) is 12.6 Å².